The van der Waals surface area contributed by atoms with Gasteiger partial charge in [0.1, 0.15) is 10.6 Å². The highest BCUT2D eigenvalue weighted by Crippen LogP contribution is 2.41. The lowest BCUT2D eigenvalue weighted by atomic mass is 10.1. The van der Waals surface area contributed by atoms with Crippen molar-refractivity contribution >= 4 is 16.5 Å². The molecule has 3 N–H and O–H groups in total. The first-order chi connectivity index (χ1) is 9.95. The van der Waals surface area contributed by atoms with Crippen LogP contribution in [0.4, 0.5) is 18.3 Å². The Bertz CT molecular complexity index is 764. The fourth-order valence-electron chi connectivity index (χ4n) is 1.85. The van der Waals surface area contributed by atoms with Crippen LogP contribution in [0, 0.1) is 0 Å². The van der Waals surface area contributed by atoms with Crippen LogP contribution in [-0.4, -0.2) is 20.2 Å². The molecular formula is C12H8F3N5S. The predicted molar refractivity (Wildman–Crippen MR) is 72.3 cm³/mol. The molecule has 3 rings (SSSR count). The van der Waals surface area contributed by atoms with Crippen LogP contribution < -0.4 is 5.73 Å². The lowest BCUT2D eigenvalue weighted by molar-refractivity contribution is -0.134. The third-order valence-electron chi connectivity index (χ3n) is 2.74. The zero-order valence-electron chi connectivity index (χ0n) is 10.3. The van der Waals surface area contributed by atoms with E-state index in [1.807, 2.05) is 0 Å². The van der Waals surface area contributed by atoms with Crippen LogP contribution in [0.3, 0.4) is 0 Å². The summed E-state index contributed by atoms with van der Waals surface area (Å²) in [6.07, 6.45) is 0.115. The number of alkyl halides is 3. The number of hydrogen-bond acceptors (Lipinski definition) is 5. The molecule has 0 fully saturated rings. The smallest absolute Gasteiger partial charge is 0.375 e. The van der Waals surface area contributed by atoms with Gasteiger partial charge in [0.25, 0.3) is 0 Å². The molecule has 0 aliphatic carbocycles. The maximum atomic E-state index is 13.0. The van der Waals surface area contributed by atoms with Crippen LogP contribution in [0.5, 0.6) is 0 Å². The molecule has 0 atom stereocenters. The molecule has 0 saturated heterocycles. The highest BCUT2D eigenvalue weighted by molar-refractivity contribution is 7.15. The van der Waals surface area contributed by atoms with Crippen LogP contribution >= 0.6 is 11.3 Å². The molecule has 3 aromatic heterocycles. The number of nitrogens with zero attached hydrogens (tertiary/aromatic N) is 3. The first-order valence-electron chi connectivity index (χ1n) is 5.74. The SMILES string of the molecule is Nc1nc(-c2cc(-c3cn[nH]c3)ccn2)c(C(F)(F)F)s1. The number of nitrogens with one attached hydrogen (secondary N) is 1. The van der Waals surface area contributed by atoms with E-state index in [1.165, 1.54) is 12.3 Å². The normalized spacial score (nSPS) is 11.8. The largest absolute Gasteiger partial charge is 0.427 e. The Hall–Kier alpha value is -2.42. The van der Waals surface area contributed by atoms with Crippen molar-refractivity contribution in [1.82, 2.24) is 20.2 Å². The second-order valence-electron chi connectivity index (χ2n) is 4.14. The van der Waals surface area contributed by atoms with E-state index in [2.05, 4.69) is 20.2 Å². The van der Waals surface area contributed by atoms with Gasteiger partial charge < -0.3 is 5.73 Å². The Morgan fingerprint density at radius 3 is 2.71 bits per heavy atom. The Balaban J connectivity index is 2.12. The molecule has 0 aliphatic heterocycles. The van der Waals surface area contributed by atoms with Crippen molar-refractivity contribution in [3.8, 4) is 22.5 Å². The van der Waals surface area contributed by atoms with E-state index in [-0.39, 0.29) is 16.5 Å². The Labute approximate surface area is 120 Å². The number of aromatic nitrogens is 4. The number of pyridine rings is 1. The number of anilines is 1. The number of nitrogens with two attached hydrogens (primary N) is 1. The summed E-state index contributed by atoms with van der Waals surface area (Å²) in [7, 11) is 0. The molecule has 3 aromatic rings. The molecule has 0 aliphatic rings. The summed E-state index contributed by atoms with van der Waals surface area (Å²) < 4.78 is 39.0. The van der Waals surface area contributed by atoms with Crippen LogP contribution in [0.1, 0.15) is 4.88 Å². The number of rotatable bonds is 2. The number of thiazole rings is 1. The van der Waals surface area contributed by atoms with E-state index in [9.17, 15) is 13.2 Å². The van der Waals surface area contributed by atoms with E-state index in [0.29, 0.717) is 16.9 Å². The van der Waals surface area contributed by atoms with Gasteiger partial charge in [0.15, 0.2) is 5.13 Å². The maximum Gasteiger partial charge on any atom is 0.427 e. The van der Waals surface area contributed by atoms with E-state index < -0.39 is 11.1 Å². The lowest BCUT2D eigenvalue weighted by Gasteiger charge is -2.06. The van der Waals surface area contributed by atoms with E-state index >= 15 is 0 Å². The van der Waals surface area contributed by atoms with E-state index in [0.717, 1.165) is 5.56 Å². The number of halogens is 3. The molecule has 9 heteroatoms. The maximum absolute atomic E-state index is 13.0. The zero-order chi connectivity index (χ0) is 15.0. The van der Waals surface area contributed by atoms with Gasteiger partial charge in [-0.05, 0) is 17.7 Å². The summed E-state index contributed by atoms with van der Waals surface area (Å²) >= 11 is 0.403. The molecule has 108 valence electrons. The number of hydrogen-bond donors (Lipinski definition) is 2. The third kappa shape index (κ3) is 2.59. The van der Waals surface area contributed by atoms with Gasteiger partial charge in [-0.1, -0.05) is 11.3 Å². The van der Waals surface area contributed by atoms with Crippen LogP contribution in [0.25, 0.3) is 22.5 Å². The quantitative estimate of drug-likeness (QED) is 0.761. The van der Waals surface area contributed by atoms with Gasteiger partial charge in [-0.3, -0.25) is 10.1 Å². The van der Waals surface area contributed by atoms with Gasteiger partial charge in [-0.2, -0.15) is 18.3 Å². The molecule has 0 spiro atoms. The van der Waals surface area contributed by atoms with Gasteiger partial charge in [0.2, 0.25) is 0 Å². The van der Waals surface area contributed by atoms with Gasteiger partial charge >= 0.3 is 6.18 Å². The third-order valence-corrected chi connectivity index (χ3v) is 3.66. The molecule has 21 heavy (non-hydrogen) atoms. The number of nitrogen functional groups attached to an aromatic ring is 1. The lowest BCUT2D eigenvalue weighted by Crippen LogP contribution is -2.04. The summed E-state index contributed by atoms with van der Waals surface area (Å²) in [4.78, 5) is 6.88. The van der Waals surface area contributed by atoms with Gasteiger partial charge in [0.05, 0.1) is 11.9 Å². The van der Waals surface area contributed by atoms with Crippen molar-refractivity contribution in [2.24, 2.45) is 0 Å². The Morgan fingerprint density at radius 1 is 1.24 bits per heavy atom. The monoisotopic (exact) mass is 311 g/mol. The van der Waals surface area contributed by atoms with Crippen LogP contribution in [0.15, 0.2) is 30.7 Å². The standard InChI is InChI=1S/C12H8F3N5S/c13-12(14,15)10-9(20-11(16)21-10)8-3-6(1-2-17-8)7-4-18-19-5-7/h1-5H,(H2,16,20)(H,18,19). The molecule has 0 saturated carbocycles. The second-order valence-corrected chi connectivity index (χ2v) is 5.17. The van der Waals surface area contributed by atoms with Crippen molar-refractivity contribution < 1.29 is 13.2 Å². The molecule has 0 bridgehead atoms. The molecule has 0 unspecified atom stereocenters. The van der Waals surface area contributed by atoms with Crippen molar-refractivity contribution in [2.75, 3.05) is 5.73 Å². The topological polar surface area (TPSA) is 80.5 Å². The Kier molecular flexibility index (Phi) is 3.13. The average molecular weight is 311 g/mol. The highest BCUT2D eigenvalue weighted by atomic mass is 32.1. The van der Waals surface area contributed by atoms with Crippen molar-refractivity contribution in [1.29, 1.82) is 0 Å². The minimum absolute atomic E-state index is 0.119. The van der Waals surface area contributed by atoms with Gasteiger partial charge in [-0.25, -0.2) is 4.98 Å². The summed E-state index contributed by atoms with van der Waals surface area (Å²) in [5.41, 5.74) is 6.71. The fourth-order valence-corrected chi connectivity index (χ4v) is 2.56. The van der Waals surface area contributed by atoms with Gasteiger partial charge in [0, 0.05) is 18.0 Å². The average Bonchev–Trinajstić information content (AvgIpc) is 3.07. The summed E-state index contributed by atoms with van der Waals surface area (Å²) in [5, 5.41) is 6.30. The minimum atomic E-state index is -4.52. The Morgan fingerprint density at radius 2 is 2.05 bits per heavy atom. The molecule has 0 amide bonds. The molecular weight excluding hydrogens is 303 g/mol. The van der Waals surface area contributed by atoms with E-state index in [4.69, 9.17) is 5.73 Å². The molecule has 5 nitrogen and oxygen atoms in total. The number of H-pyrrole nitrogens is 1. The molecule has 0 aromatic carbocycles. The van der Waals surface area contributed by atoms with E-state index in [1.54, 1.807) is 18.5 Å². The van der Waals surface area contributed by atoms with Crippen LogP contribution in [-0.2, 0) is 6.18 Å². The second kappa shape index (κ2) is 4.85. The van der Waals surface area contributed by atoms with Crippen molar-refractivity contribution in [3.05, 3.63) is 35.6 Å². The summed E-state index contributed by atoms with van der Waals surface area (Å²) in [5.74, 6) is 0. The van der Waals surface area contributed by atoms with Crippen LogP contribution in [0.2, 0.25) is 0 Å². The number of aromatic amines is 1. The highest BCUT2D eigenvalue weighted by Gasteiger charge is 2.37. The minimum Gasteiger partial charge on any atom is -0.375 e. The first kappa shape index (κ1) is 13.6. The van der Waals surface area contributed by atoms with Crippen molar-refractivity contribution in [3.63, 3.8) is 0 Å². The zero-order valence-corrected chi connectivity index (χ0v) is 11.2. The molecule has 3 heterocycles. The molecule has 0 radical (unpaired) electrons. The van der Waals surface area contributed by atoms with Crippen molar-refractivity contribution in [2.45, 2.75) is 6.18 Å². The first-order valence-corrected chi connectivity index (χ1v) is 6.56. The predicted octanol–water partition coefficient (Wildman–Crippen LogP) is 3.20. The summed E-state index contributed by atoms with van der Waals surface area (Å²) in [6, 6.07) is 3.20. The summed E-state index contributed by atoms with van der Waals surface area (Å²) in [6.45, 7) is 0. The fraction of sp³-hybridized carbons (Fsp3) is 0.0833. The van der Waals surface area contributed by atoms with Gasteiger partial charge in [-0.15, -0.1) is 0 Å².